The average molecular weight is 366 g/mol. The topological polar surface area (TPSA) is 76.6 Å². The second kappa shape index (κ2) is 6.62. The highest BCUT2D eigenvalue weighted by molar-refractivity contribution is 7.89. The molecule has 2 aromatic rings. The molecule has 0 saturated heterocycles. The summed E-state index contributed by atoms with van der Waals surface area (Å²) in [5.74, 6) is -0.517. The number of esters is 1. The first-order valence-corrected chi connectivity index (χ1v) is 9.85. The normalized spacial score (nSPS) is 14.8. The van der Waals surface area contributed by atoms with E-state index in [0.29, 0.717) is 5.01 Å². The summed E-state index contributed by atoms with van der Waals surface area (Å²) >= 11 is 1.26. The number of benzene rings is 1. The molecule has 0 amide bonds. The Labute approximate surface area is 145 Å². The zero-order chi connectivity index (χ0) is 17.3. The number of methoxy groups -OCH3 is 1. The molecule has 1 aromatic heterocycles. The molecule has 1 aliphatic carbocycles. The molecule has 0 unspecified atom stereocenters. The molecule has 1 saturated carbocycles. The molecule has 1 aliphatic rings. The highest BCUT2D eigenvalue weighted by atomic mass is 32.2. The van der Waals surface area contributed by atoms with Crippen LogP contribution in [0.2, 0.25) is 0 Å². The van der Waals surface area contributed by atoms with Crippen LogP contribution in [-0.4, -0.2) is 36.8 Å². The van der Waals surface area contributed by atoms with Crippen LogP contribution in [0.4, 0.5) is 0 Å². The van der Waals surface area contributed by atoms with Crippen molar-refractivity contribution in [2.75, 3.05) is 7.11 Å². The first-order valence-electron chi connectivity index (χ1n) is 7.53. The van der Waals surface area contributed by atoms with Gasteiger partial charge in [-0.3, -0.25) is 0 Å². The van der Waals surface area contributed by atoms with Gasteiger partial charge >= 0.3 is 5.97 Å². The van der Waals surface area contributed by atoms with Crippen molar-refractivity contribution < 1.29 is 17.9 Å². The second-order valence-electron chi connectivity index (χ2n) is 5.71. The highest BCUT2D eigenvalue weighted by Gasteiger charge is 2.38. The SMILES string of the molecule is COC(=O)c1csc(CN(C2CC2)S(=O)(=O)c2ccc(C)cc2)n1. The van der Waals surface area contributed by atoms with Crippen molar-refractivity contribution in [3.05, 3.63) is 45.9 Å². The lowest BCUT2D eigenvalue weighted by molar-refractivity contribution is 0.0594. The lowest BCUT2D eigenvalue weighted by Gasteiger charge is -2.20. The molecule has 8 heteroatoms. The van der Waals surface area contributed by atoms with Crippen molar-refractivity contribution in [2.45, 2.75) is 37.2 Å². The maximum absolute atomic E-state index is 12.9. The number of nitrogens with zero attached hydrogens (tertiary/aromatic N) is 2. The van der Waals surface area contributed by atoms with Crippen molar-refractivity contribution in [3.8, 4) is 0 Å². The third-order valence-corrected chi connectivity index (χ3v) is 6.57. The number of hydrogen-bond acceptors (Lipinski definition) is 6. The van der Waals surface area contributed by atoms with Gasteiger partial charge in [0.2, 0.25) is 10.0 Å². The minimum atomic E-state index is -3.59. The van der Waals surface area contributed by atoms with Crippen molar-refractivity contribution in [1.82, 2.24) is 9.29 Å². The second-order valence-corrected chi connectivity index (χ2v) is 8.55. The van der Waals surface area contributed by atoms with Gasteiger partial charge in [0.15, 0.2) is 5.69 Å². The van der Waals surface area contributed by atoms with E-state index in [1.54, 1.807) is 29.6 Å². The molecular weight excluding hydrogens is 348 g/mol. The monoisotopic (exact) mass is 366 g/mol. The quantitative estimate of drug-likeness (QED) is 0.735. The van der Waals surface area contributed by atoms with Crippen LogP contribution >= 0.6 is 11.3 Å². The number of hydrogen-bond donors (Lipinski definition) is 0. The Kier molecular flexibility index (Phi) is 4.71. The van der Waals surface area contributed by atoms with Crippen LogP contribution in [0.25, 0.3) is 0 Å². The molecular formula is C16H18N2O4S2. The molecule has 1 heterocycles. The van der Waals surface area contributed by atoms with Gasteiger partial charge in [-0.05, 0) is 31.9 Å². The van der Waals surface area contributed by atoms with Crippen LogP contribution in [0, 0.1) is 6.92 Å². The van der Waals surface area contributed by atoms with Gasteiger partial charge in [0, 0.05) is 11.4 Å². The van der Waals surface area contributed by atoms with Gasteiger partial charge in [-0.15, -0.1) is 11.3 Å². The van der Waals surface area contributed by atoms with Crippen molar-refractivity contribution in [3.63, 3.8) is 0 Å². The predicted octanol–water partition coefficient (Wildman–Crippen LogP) is 2.59. The molecule has 3 rings (SSSR count). The summed E-state index contributed by atoms with van der Waals surface area (Å²) in [6, 6.07) is 6.83. The van der Waals surface area contributed by atoms with E-state index in [4.69, 9.17) is 0 Å². The van der Waals surface area contributed by atoms with E-state index in [9.17, 15) is 13.2 Å². The fraction of sp³-hybridized carbons (Fsp3) is 0.375. The van der Waals surface area contributed by atoms with E-state index in [2.05, 4.69) is 9.72 Å². The molecule has 0 aliphatic heterocycles. The molecule has 24 heavy (non-hydrogen) atoms. The van der Waals surface area contributed by atoms with Crippen molar-refractivity contribution in [1.29, 1.82) is 0 Å². The molecule has 0 radical (unpaired) electrons. The van der Waals surface area contributed by atoms with Crippen LogP contribution in [0.3, 0.4) is 0 Å². The van der Waals surface area contributed by atoms with Gasteiger partial charge in [-0.2, -0.15) is 4.31 Å². The summed E-state index contributed by atoms with van der Waals surface area (Å²) in [4.78, 5) is 16.0. The van der Waals surface area contributed by atoms with Crippen LogP contribution < -0.4 is 0 Å². The number of sulfonamides is 1. The fourth-order valence-corrected chi connectivity index (χ4v) is 4.82. The Morgan fingerprint density at radius 3 is 2.58 bits per heavy atom. The maximum atomic E-state index is 12.9. The number of thiazole rings is 1. The van der Waals surface area contributed by atoms with Crippen LogP contribution in [0.15, 0.2) is 34.5 Å². The number of aryl methyl sites for hydroxylation is 1. The van der Waals surface area contributed by atoms with E-state index in [-0.39, 0.29) is 23.2 Å². The van der Waals surface area contributed by atoms with E-state index in [1.807, 2.05) is 6.92 Å². The molecule has 0 spiro atoms. The van der Waals surface area contributed by atoms with E-state index in [0.717, 1.165) is 18.4 Å². The summed E-state index contributed by atoms with van der Waals surface area (Å²) in [6.07, 6.45) is 1.70. The summed E-state index contributed by atoms with van der Waals surface area (Å²) in [5.41, 5.74) is 1.22. The van der Waals surface area contributed by atoms with Crippen LogP contribution in [0.5, 0.6) is 0 Å². The molecule has 1 fully saturated rings. The zero-order valence-electron chi connectivity index (χ0n) is 13.4. The third-order valence-electron chi connectivity index (χ3n) is 3.82. The largest absolute Gasteiger partial charge is 0.464 e. The lowest BCUT2D eigenvalue weighted by Crippen LogP contribution is -2.32. The smallest absolute Gasteiger partial charge is 0.357 e. The number of rotatable bonds is 6. The Hall–Kier alpha value is -1.77. The number of ether oxygens (including phenoxy) is 1. The van der Waals surface area contributed by atoms with Gasteiger partial charge < -0.3 is 4.74 Å². The molecule has 0 N–H and O–H groups in total. The number of carbonyl (C=O) groups excluding carboxylic acids is 1. The predicted molar refractivity (Wildman–Crippen MR) is 90.4 cm³/mol. The summed E-state index contributed by atoms with van der Waals surface area (Å²) in [6.45, 7) is 2.08. The highest BCUT2D eigenvalue weighted by Crippen LogP contribution is 2.34. The third kappa shape index (κ3) is 3.50. The first kappa shape index (κ1) is 17.1. The van der Waals surface area contributed by atoms with Gasteiger partial charge in [-0.1, -0.05) is 17.7 Å². The molecule has 6 nitrogen and oxygen atoms in total. The van der Waals surface area contributed by atoms with E-state index < -0.39 is 16.0 Å². The minimum Gasteiger partial charge on any atom is -0.464 e. The number of carbonyl (C=O) groups is 1. The van der Waals surface area contributed by atoms with Crippen molar-refractivity contribution in [2.24, 2.45) is 0 Å². The van der Waals surface area contributed by atoms with E-state index >= 15 is 0 Å². The summed E-state index contributed by atoms with van der Waals surface area (Å²) < 4.78 is 32.0. The fourth-order valence-electron chi connectivity index (χ4n) is 2.33. The van der Waals surface area contributed by atoms with E-state index in [1.165, 1.54) is 22.8 Å². The Morgan fingerprint density at radius 2 is 2.00 bits per heavy atom. The minimum absolute atomic E-state index is 0.00165. The number of aromatic nitrogens is 1. The molecule has 0 atom stereocenters. The molecule has 0 bridgehead atoms. The van der Waals surface area contributed by atoms with Gasteiger partial charge in [0.25, 0.3) is 0 Å². The van der Waals surface area contributed by atoms with Crippen LogP contribution in [-0.2, 0) is 21.3 Å². The maximum Gasteiger partial charge on any atom is 0.357 e. The molecule has 1 aromatic carbocycles. The Bertz CT molecular complexity index is 839. The Morgan fingerprint density at radius 1 is 1.33 bits per heavy atom. The first-order chi connectivity index (χ1) is 11.4. The Balaban J connectivity index is 1.86. The lowest BCUT2D eigenvalue weighted by atomic mass is 10.2. The van der Waals surface area contributed by atoms with Crippen molar-refractivity contribution >= 4 is 27.3 Å². The van der Waals surface area contributed by atoms with Gasteiger partial charge in [-0.25, -0.2) is 18.2 Å². The van der Waals surface area contributed by atoms with Crippen LogP contribution in [0.1, 0.15) is 33.9 Å². The van der Waals surface area contributed by atoms with Gasteiger partial charge in [0.05, 0.1) is 18.6 Å². The summed E-state index contributed by atoms with van der Waals surface area (Å²) in [5, 5.41) is 2.17. The van der Waals surface area contributed by atoms with Gasteiger partial charge in [0.1, 0.15) is 5.01 Å². The summed E-state index contributed by atoms with van der Waals surface area (Å²) in [7, 11) is -2.29. The zero-order valence-corrected chi connectivity index (χ0v) is 15.1. The molecule has 128 valence electrons. The average Bonchev–Trinajstić information content (AvgIpc) is 3.29. The standard InChI is InChI=1S/C16H18N2O4S2/c1-11-3-7-13(8-4-11)24(20,21)18(12-5-6-12)9-15-17-14(10-23-15)16(19)22-2/h3-4,7-8,10,12H,5-6,9H2,1-2H3.